The molecule has 6 heteroatoms. The first-order valence-electron chi connectivity index (χ1n) is 6.83. The van der Waals surface area contributed by atoms with Gasteiger partial charge in [0.1, 0.15) is 6.67 Å². The number of amides is 1. The zero-order valence-electron chi connectivity index (χ0n) is 12.0. The fourth-order valence-electron chi connectivity index (χ4n) is 2.29. The maximum atomic E-state index is 12.1. The van der Waals surface area contributed by atoms with Crippen LogP contribution in [0.3, 0.4) is 0 Å². The van der Waals surface area contributed by atoms with Gasteiger partial charge in [-0.1, -0.05) is 24.3 Å². The summed E-state index contributed by atoms with van der Waals surface area (Å²) in [5.74, 6) is -0.189. The Morgan fingerprint density at radius 2 is 2.00 bits per heavy atom. The highest BCUT2D eigenvalue weighted by atomic mass is 16.5. The minimum Gasteiger partial charge on any atom is -0.367 e. The van der Waals surface area contributed by atoms with Crippen LogP contribution in [0.1, 0.15) is 6.92 Å². The van der Waals surface area contributed by atoms with E-state index in [1.165, 1.54) is 11.7 Å². The molecular weight excluding hydrogens is 282 g/mol. The molecule has 0 fully saturated rings. The van der Waals surface area contributed by atoms with E-state index in [0.29, 0.717) is 5.56 Å². The summed E-state index contributed by atoms with van der Waals surface area (Å²) in [5, 5.41) is 2.58. The lowest BCUT2D eigenvalue weighted by Gasteiger charge is -2.04. The van der Waals surface area contributed by atoms with Crippen molar-refractivity contribution >= 4 is 5.91 Å². The van der Waals surface area contributed by atoms with Gasteiger partial charge in [-0.25, -0.2) is 4.79 Å². The van der Waals surface area contributed by atoms with E-state index in [1.807, 2.05) is 42.7 Å². The van der Waals surface area contributed by atoms with Crippen LogP contribution in [-0.2, 0) is 11.5 Å². The molecule has 0 atom stereocenters. The number of H-pyrrole nitrogens is 1. The maximum absolute atomic E-state index is 12.1. The molecule has 0 saturated carbocycles. The van der Waals surface area contributed by atoms with Crippen molar-refractivity contribution in [2.75, 3.05) is 0 Å². The van der Waals surface area contributed by atoms with Crippen molar-refractivity contribution in [3.63, 3.8) is 0 Å². The second kappa shape index (κ2) is 5.77. The van der Waals surface area contributed by atoms with Gasteiger partial charge < -0.3 is 14.8 Å². The van der Waals surface area contributed by atoms with E-state index in [2.05, 4.69) is 10.3 Å². The van der Waals surface area contributed by atoms with Gasteiger partial charge in [0.15, 0.2) is 0 Å². The molecule has 6 nitrogen and oxygen atoms in total. The number of aromatic nitrogens is 2. The molecule has 0 aliphatic carbocycles. The van der Waals surface area contributed by atoms with Crippen LogP contribution in [0.25, 0.3) is 22.3 Å². The van der Waals surface area contributed by atoms with Crippen molar-refractivity contribution in [3.05, 3.63) is 59.3 Å². The first-order chi connectivity index (χ1) is 10.6. The van der Waals surface area contributed by atoms with Gasteiger partial charge in [0, 0.05) is 19.3 Å². The van der Waals surface area contributed by atoms with E-state index >= 15 is 0 Å². The number of hydrogen-bond donors (Lipinski definition) is 2. The lowest BCUT2D eigenvalue weighted by atomic mass is 9.98. The van der Waals surface area contributed by atoms with Crippen molar-refractivity contribution in [1.82, 2.24) is 15.0 Å². The topological polar surface area (TPSA) is 80.0 Å². The molecule has 0 bridgehead atoms. The Morgan fingerprint density at radius 3 is 2.68 bits per heavy atom. The third kappa shape index (κ3) is 2.71. The smallest absolute Gasteiger partial charge is 0.365 e. The van der Waals surface area contributed by atoms with Crippen LogP contribution < -0.4 is 10.9 Å². The molecule has 0 aliphatic heterocycles. The van der Waals surface area contributed by atoms with Gasteiger partial charge in [0.05, 0.1) is 11.8 Å². The first kappa shape index (κ1) is 13.9. The zero-order chi connectivity index (χ0) is 15.5. The van der Waals surface area contributed by atoms with Crippen LogP contribution in [0.2, 0.25) is 0 Å². The van der Waals surface area contributed by atoms with Crippen LogP contribution in [0.5, 0.6) is 0 Å². The molecule has 22 heavy (non-hydrogen) atoms. The molecule has 0 radical (unpaired) electrons. The number of carbonyl (C=O) groups is 1. The van der Waals surface area contributed by atoms with Crippen molar-refractivity contribution in [3.8, 4) is 22.3 Å². The normalized spacial score (nSPS) is 10.6. The quantitative estimate of drug-likeness (QED) is 0.774. The number of rotatable bonds is 4. The molecule has 112 valence electrons. The summed E-state index contributed by atoms with van der Waals surface area (Å²) in [5.41, 5.74) is 2.74. The molecular formula is C16H15N3O3. The second-order valence-corrected chi connectivity index (χ2v) is 4.87. The maximum Gasteiger partial charge on any atom is 0.365 e. The Labute approximate surface area is 126 Å². The van der Waals surface area contributed by atoms with Crippen LogP contribution in [0.4, 0.5) is 0 Å². The SMILES string of the molecule is CC(=O)NCn1cc(-c2ccccc2-c2cc[nH]c2)c(=O)o1. The van der Waals surface area contributed by atoms with Gasteiger partial charge in [-0.3, -0.25) is 4.79 Å². The zero-order valence-corrected chi connectivity index (χ0v) is 12.0. The highest BCUT2D eigenvalue weighted by Crippen LogP contribution is 2.30. The number of nitrogens with one attached hydrogen (secondary N) is 2. The Morgan fingerprint density at radius 1 is 1.23 bits per heavy atom. The van der Waals surface area contributed by atoms with Crippen LogP contribution in [-0.4, -0.2) is 15.6 Å². The molecule has 3 rings (SSSR count). The lowest BCUT2D eigenvalue weighted by Crippen LogP contribution is -2.22. The average Bonchev–Trinajstić information content (AvgIpc) is 3.14. The summed E-state index contributed by atoms with van der Waals surface area (Å²) in [4.78, 5) is 26.0. The van der Waals surface area contributed by atoms with E-state index in [9.17, 15) is 9.59 Å². The molecule has 2 N–H and O–H groups in total. The number of nitrogens with zero attached hydrogens (tertiary/aromatic N) is 1. The van der Waals surface area contributed by atoms with Crippen molar-refractivity contribution in [1.29, 1.82) is 0 Å². The monoisotopic (exact) mass is 297 g/mol. The number of aromatic amines is 1. The highest BCUT2D eigenvalue weighted by molar-refractivity contribution is 5.82. The number of hydrogen-bond acceptors (Lipinski definition) is 3. The molecule has 1 amide bonds. The summed E-state index contributed by atoms with van der Waals surface area (Å²) in [6.45, 7) is 1.53. The molecule has 3 aromatic rings. The van der Waals surface area contributed by atoms with E-state index < -0.39 is 5.63 Å². The summed E-state index contributed by atoms with van der Waals surface area (Å²) in [6, 6.07) is 9.55. The van der Waals surface area contributed by atoms with E-state index in [4.69, 9.17) is 4.52 Å². The van der Waals surface area contributed by atoms with Crippen LogP contribution in [0, 0.1) is 0 Å². The van der Waals surface area contributed by atoms with Crippen LogP contribution in [0.15, 0.2) is 58.2 Å². The molecule has 0 spiro atoms. The Balaban J connectivity index is 2.02. The van der Waals surface area contributed by atoms with E-state index in [0.717, 1.165) is 16.7 Å². The van der Waals surface area contributed by atoms with Gasteiger partial charge in [-0.2, -0.15) is 4.74 Å². The van der Waals surface area contributed by atoms with Crippen molar-refractivity contribution < 1.29 is 9.32 Å². The van der Waals surface area contributed by atoms with E-state index in [1.54, 1.807) is 6.20 Å². The fraction of sp³-hybridized carbons (Fsp3) is 0.125. The molecule has 0 unspecified atom stereocenters. The largest absolute Gasteiger partial charge is 0.367 e. The average molecular weight is 297 g/mol. The van der Waals surface area contributed by atoms with Gasteiger partial charge in [0.2, 0.25) is 5.91 Å². The first-order valence-corrected chi connectivity index (χ1v) is 6.83. The Bertz CT molecular complexity index is 844. The third-order valence-corrected chi connectivity index (χ3v) is 3.30. The van der Waals surface area contributed by atoms with Gasteiger partial charge in [-0.15, -0.1) is 0 Å². The van der Waals surface area contributed by atoms with Gasteiger partial charge in [0.25, 0.3) is 0 Å². The highest BCUT2D eigenvalue weighted by Gasteiger charge is 2.14. The molecule has 0 saturated heterocycles. The number of benzene rings is 1. The minimum absolute atomic E-state index is 0.122. The fourth-order valence-corrected chi connectivity index (χ4v) is 2.29. The van der Waals surface area contributed by atoms with Crippen molar-refractivity contribution in [2.45, 2.75) is 13.6 Å². The molecule has 1 aromatic carbocycles. The molecule has 0 aliphatic rings. The Hall–Kier alpha value is -3.02. The molecule has 2 heterocycles. The summed E-state index contributed by atoms with van der Waals surface area (Å²) in [6.07, 6.45) is 5.30. The third-order valence-electron chi connectivity index (χ3n) is 3.30. The summed E-state index contributed by atoms with van der Waals surface area (Å²) >= 11 is 0. The minimum atomic E-state index is -0.437. The van der Waals surface area contributed by atoms with Crippen molar-refractivity contribution in [2.24, 2.45) is 0 Å². The lowest BCUT2D eigenvalue weighted by molar-refractivity contribution is -0.119. The Kier molecular flexibility index (Phi) is 3.65. The number of carbonyl (C=O) groups excluding carboxylic acids is 1. The van der Waals surface area contributed by atoms with E-state index in [-0.39, 0.29) is 12.6 Å². The predicted molar refractivity (Wildman–Crippen MR) is 82.0 cm³/mol. The standard InChI is InChI=1S/C16H15N3O3/c1-11(20)18-10-19-9-15(16(21)22-19)14-5-3-2-4-13(14)12-6-7-17-8-12/h2-9,17H,10H2,1H3,(H,18,20). The predicted octanol–water partition coefficient (Wildman–Crippen LogP) is 2.20. The molecule has 2 aromatic heterocycles. The van der Waals surface area contributed by atoms with Crippen LogP contribution >= 0.6 is 0 Å². The van der Waals surface area contributed by atoms with Gasteiger partial charge in [-0.05, 0) is 22.8 Å². The summed E-state index contributed by atoms with van der Waals surface area (Å²) in [7, 11) is 0. The second-order valence-electron chi connectivity index (χ2n) is 4.87. The summed E-state index contributed by atoms with van der Waals surface area (Å²) < 4.78 is 6.44. The van der Waals surface area contributed by atoms with Gasteiger partial charge >= 0.3 is 5.63 Å².